The molecule has 3 rings (SSSR count). The normalized spacial score (nSPS) is 21.1. The van der Waals surface area contributed by atoms with Crippen LogP contribution in [0.4, 0.5) is 0 Å². The minimum Gasteiger partial charge on any atom is -0.348 e. The summed E-state index contributed by atoms with van der Waals surface area (Å²) in [6, 6.07) is 6.70. The molecule has 1 aliphatic heterocycles. The van der Waals surface area contributed by atoms with Gasteiger partial charge in [-0.3, -0.25) is 4.18 Å². The molecule has 0 N–H and O–H groups in total. The number of aryl methyl sites for hydroxylation is 1. The van der Waals surface area contributed by atoms with Crippen molar-refractivity contribution in [2.75, 3.05) is 19.8 Å². The van der Waals surface area contributed by atoms with E-state index < -0.39 is 10.1 Å². The molecule has 5 nitrogen and oxygen atoms in total. The van der Waals surface area contributed by atoms with Gasteiger partial charge < -0.3 is 9.47 Å². The van der Waals surface area contributed by atoms with Crippen LogP contribution in [-0.4, -0.2) is 34.0 Å². The largest absolute Gasteiger partial charge is 0.348 e. The van der Waals surface area contributed by atoms with Crippen molar-refractivity contribution in [2.24, 2.45) is 5.92 Å². The van der Waals surface area contributed by atoms with Crippen LogP contribution in [0, 0.1) is 12.8 Å². The van der Waals surface area contributed by atoms with Gasteiger partial charge in [0.1, 0.15) is 0 Å². The first-order valence-corrected chi connectivity index (χ1v) is 9.14. The first kappa shape index (κ1) is 15.9. The quantitative estimate of drug-likeness (QED) is 0.594. The van der Waals surface area contributed by atoms with E-state index in [2.05, 4.69) is 0 Å². The van der Waals surface area contributed by atoms with E-state index in [-0.39, 0.29) is 17.3 Å². The predicted octanol–water partition coefficient (Wildman–Crippen LogP) is 2.63. The van der Waals surface area contributed by atoms with Crippen molar-refractivity contribution in [3.05, 3.63) is 29.8 Å². The van der Waals surface area contributed by atoms with Gasteiger partial charge in [-0.15, -0.1) is 0 Å². The fourth-order valence-corrected chi connectivity index (χ4v) is 4.01. The van der Waals surface area contributed by atoms with Gasteiger partial charge >= 0.3 is 0 Å². The SMILES string of the molecule is Cc1ccc(S(=O)(=O)OCCCC2CC3(C2)OCCO3)cc1. The second-order valence-corrected chi connectivity index (χ2v) is 7.73. The van der Waals surface area contributed by atoms with E-state index >= 15 is 0 Å². The molecule has 0 aromatic heterocycles. The second-order valence-electron chi connectivity index (χ2n) is 6.11. The third kappa shape index (κ3) is 3.51. The zero-order valence-electron chi connectivity index (χ0n) is 12.8. The maximum absolute atomic E-state index is 12.0. The standard InChI is InChI=1S/C16H22O5S/c1-13-4-6-15(7-5-13)22(17,18)21-8-2-3-14-11-16(12-14)19-9-10-20-16/h4-7,14H,2-3,8-12H2,1H3. The summed E-state index contributed by atoms with van der Waals surface area (Å²) in [4.78, 5) is 0.216. The van der Waals surface area contributed by atoms with E-state index in [0.717, 1.165) is 31.2 Å². The van der Waals surface area contributed by atoms with Crippen molar-refractivity contribution >= 4 is 10.1 Å². The van der Waals surface area contributed by atoms with Crippen LogP contribution >= 0.6 is 0 Å². The van der Waals surface area contributed by atoms with Gasteiger partial charge in [-0.1, -0.05) is 17.7 Å². The Morgan fingerprint density at radius 2 is 1.82 bits per heavy atom. The monoisotopic (exact) mass is 326 g/mol. The van der Waals surface area contributed by atoms with Crippen LogP contribution in [0.3, 0.4) is 0 Å². The molecule has 1 saturated heterocycles. The lowest BCUT2D eigenvalue weighted by atomic mass is 9.76. The fourth-order valence-electron chi connectivity index (χ4n) is 3.07. The Bertz CT molecular complexity index is 594. The van der Waals surface area contributed by atoms with Gasteiger partial charge in [0.2, 0.25) is 0 Å². The molecule has 2 aliphatic rings. The molecular weight excluding hydrogens is 304 g/mol. The molecule has 0 bridgehead atoms. The van der Waals surface area contributed by atoms with Crippen LogP contribution in [0.1, 0.15) is 31.2 Å². The molecule has 0 radical (unpaired) electrons. The lowest BCUT2D eigenvalue weighted by Gasteiger charge is -2.43. The van der Waals surface area contributed by atoms with Crippen LogP contribution in [0.25, 0.3) is 0 Å². The molecule has 1 aromatic carbocycles. The highest BCUT2D eigenvalue weighted by molar-refractivity contribution is 7.86. The molecule has 1 heterocycles. The van der Waals surface area contributed by atoms with Crippen molar-refractivity contribution in [1.29, 1.82) is 0 Å². The van der Waals surface area contributed by atoms with Crippen molar-refractivity contribution in [2.45, 2.75) is 43.3 Å². The molecule has 22 heavy (non-hydrogen) atoms. The Morgan fingerprint density at radius 3 is 2.45 bits per heavy atom. The molecule has 2 fully saturated rings. The Hall–Kier alpha value is -0.950. The summed E-state index contributed by atoms with van der Waals surface area (Å²) < 4.78 is 40.3. The number of hydrogen-bond donors (Lipinski definition) is 0. The third-order valence-electron chi connectivity index (χ3n) is 4.32. The van der Waals surface area contributed by atoms with Gasteiger partial charge in [0.15, 0.2) is 5.79 Å². The third-order valence-corrected chi connectivity index (χ3v) is 5.64. The van der Waals surface area contributed by atoms with Crippen LogP contribution in [-0.2, 0) is 23.8 Å². The Kier molecular flexibility index (Phi) is 4.54. The number of hydrogen-bond acceptors (Lipinski definition) is 5. The summed E-state index contributed by atoms with van der Waals surface area (Å²) in [6.07, 6.45) is 3.50. The summed E-state index contributed by atoms with van der Waals surface area (Å²) in [7, 11) is -3.64. The van der Waals surface area contributed by atoms with E-state index in [4.69, 9.17) is 13.7 Å². The smallest absolute Gasteiger partial charge is 0.296 e. The Morgan fingerprint density at radius 1 is 1.18 bits per heavy atom. The maximum Gasteiger partial charge on any atom is 0.296 e. The zero-order valence-corrected chi connectivity index (χ0v) is 13.6. The molecule has 0 amide bonds. The Labute approximate surface area is 131 Å². The van der Waals surface area contributed by atoms with Gasteiger partial charge in [-0.2, -0.15) is 8.42 Å². The predicted molar refractivity (Wildman–Crippen MR) is 80.9 cm³/mol. The first-order chi connectivity index (χ1) is 10.5. The number of rotatable bonds is 6. The summed E-state index contributed by atoms with van der Waals surface area (Å²) >= 11 is 0. The highest BCUT2D eigenvalue weighted by Gasteiger charge is 2.48. The van der Waals surface area contributed by atoms with Crippen molar-refractivity contribution in [3.63, 3.8) is 0 Å². The summed E-state index contributed by atoms with van der Waals surface area (Å²) in [5, 5.41) is 0. The Balaban J connectivity index is 1.39. The van der Waals surface area contributed by atoms with Crippen molar-refractivity contribution in [3.8, 4) is 0 Å². The molecule has 1 spiro atoms. The maximum atomic E-state index is 12.0. The minimum absolute atomic E-state index is 0.216. The molecule has 122 valence electrons. The number of benzene rings is 1. The van der Waals surface area contributed by atoms with Crippen LogP contribution in [0.5, 0.6) is 0 Å². The van der Waals surface area contributed by atoms with Crippen LogP contribution in [0.15, 0.2) is 29.2 Å². The van der Waals surface area contributed by atoms with E-state index in [0.29, 0.717) is 19.1 Å². The second kappa shape index (κ2) is 6.28. The zero-order chi connectivity index (χ0) is 15.6. The molecule has 0 atom stereocenters. The molecule has 1 aliphatic carbocycles. The van der Waals surface area contributed by atoms with Gasteiger partial charge in [0.05, 0.1) is 24.7 Å². The average molecular weight is 326 g/mol. The minimum atomic E-state index is -3.64. The first-order valence-electron chi connectivity index (χ1n) is 7.73. The fraction of sp³-hybridized carbons (Fsp3) is 0.625. The van der Waals surface area contributed by atoms with E-state index in [1.54, 1.807) is 24.3 Å². The van der Waals surface area contributed by atoms with Gasteiger partial charge in [-0.25, -0.2) is 0 Å². The summed E-state index contributed by atoms with van der Waals surface area (Å²) in [5.74, 6) is 0.225. The lowest BCUT2D eigenvalue weighted by Crippen LogP contribution is -2.44. The highest BCUT2D eigenvalue weighted by Crippen LogP contribution is 2.46. The van der Waals surface area contributed by atoms with Gasteiger partial charge in [0, 0.05) is 12.8 Å². The summed E-state index contributed by atoms with van der Waals surface area (Å²) in [6.45, 7) is 3.51. The lowest BCUT2D eigenvalue weighted by molar-refractivity contribution is -0.231. The van der Waals surface area contributed by atoms with Gasteiger partial charge in [0.25, 0.3) is 10.1 Å². The molecule has 6 heteroatoms. The molecular formula is C16H22O5S. The summed E-state index contributed by atoms with van der Waals surface area (Å²) in [5.41, 5.74) is 1.02. The molecule has 1 saturated carbocycles. The van der Waals surface area contributed by atoms with Crippen LogP contribution in [0.2, 0.25) is 0 Å². The van der Waals surface area contributed by atoms with E-state index in [9.17, 15) is 8.42 Å². The van der Waals surface area contributed by atoms with Crippen LogP contribution < -0.4 is 0 Å². The molecule has 1 aromatic rings. The van der Waals surface area contributed by atoms with Crippen molar-refractivity contribution < 1.29 is 22.1 Å². The van der Waals surface area contributed by atoms with E-state index in [1.807, 2.05) is 6.92 Å². The highest BCUT2D eigenvalue weighted by atomic mass is 32.2. The van der Waals surface area contributed by atoms with E-state index in [1.165, 1.54) is 0 Å². The number of ether oxygens (including phenoxy) is 2. The topological polar surface area (TPSA) is 61.8 Å². The van der Waals surface area contributed by atoms with Crippen molar-refractivity contribution in [1.82, 2.24) is 0 Å². The molecule has 0 unspecified atom stereocenters. The van der Waals surface area contributed by atoms with Gasteiger partial charge in [-0.05, 0) is 37.8 Å². The average Bonchev–Trinajstić information content (AvgIpc) is 2.93.